The Labute approximate surface area is 125 Å². The van der Waals surface area contributed by atoms with Crippen molar-refractivity contribution in [3.05, 3.63) is 23.8 Å². The zero-order valence-corrected chi connectivity index (χ0v) is 12.7. The van der Waals surface area contributed by atoms with E-state index >= 15 is 0 Å². The van der Waals surface area contributed by atoms with Crippen LogP contribution in [0.15, 0.2) is 18.2 Å². The van der Waals surface area contributed by atoms with Gasteiger partial charge in [0.15, 0.2) is 0 Å². The van der Waals surface area contributed by atoms with E-state index in [0.29, 0.717) is 36.6 Å². The van der Waals surface area contributed by atoms with Crippen molar-refractivity contribution in [3.63, 3.8) is 0 Å². The Morgan fingerprint density at radius 2 is 1.67 bits per heavy atom. The molecule has 1 aromatic rings. The zero-order valence-electron chi connectivity index (χ0n) is 12.7. The van der Waals surface area contributed by atoms with Gasteiger partial charge in [-0.15, -0.1) is 0 Å². The first kappa shape index (κ1) is 15.6. The highest BCUT2D eigenvalue weighted by Crippen LogP contribution is 2.17. The van der Waals surface area contributed by atoms with Crippen molar-refractivity contribution in [2.24, 2.45) is 0 Å². The van der Waals surface area contributed by atoms with Gasteiger partial charge in [-0.2, -0.15) is 0 Å². The highest BCUT2D eigenvalue weighted by Gasteiger charge is 2.25. The first-order chi connectivity index (χ1) is 9.74. The minimum atomic E-state index is -0.714. The largest absolute Gasteiger partial charge is 0.399 e. The van der Waals surface area contributed by atoms with Gasteiger partial charge in [-0.05, 0) is 32.0 Å². The molecule has 1 saturated heterocycles. The molecule has 0 aliphatic carbocycles. The second-order valence-electron chi connectivity index (χ2n) is 6.27. The van der Waals surface area contributed by atoms with Gasteiger partial charge >= 0.3 is 0 Å². The summed E-state index contributed by atoms with van der Waals surface area (Å²) < 4.78 is 0. The third kappa shape index (κ3) is 4.34. The molecule has 0 saturated carbocycles. The molecule has 1 aliphatic heterocycles. The molecule has 0 spiro atoms. The average molecular weight is 292 g/mol. The van der Waals surface area contributed by atoms with Crippen LogP contribution in [-0.2, 0) is 0 Å². The van der Waals surface area contributed by atoms with E-state index < -0.39 is 5.60 Å². The third-order valence-electron chi connectivity index (χ3n) is 3.49. The molecule has 1 heterocycles. The van der Waals surface area contributed by atoms with Gasteiger partial charge in [-0.25, -0.2) is 0 Å². The molecule has 6 heteroatoms. The topological polar surface area (TPSA) is 95.8 Å². The van der Waals surface area contributed by atoms with E-state index in [9.17, 15) is 9.90 Å². The van der Waals surface area contributed by atoms with Crippen molar-refractivity contribution >= 4 is 17.3 Å². The maximum absolute atomic E-state index is 12.4. The molecule has 0 atom stereocenters. The van der Waals surface area contributed by atoms with Gasteiger partial charge in [0.1, 0.15) is 0 Å². The van der Waals surface area contributed by atoms with Crippen molar-refractivity contribution in [2.45, 2.75) is 19.4 Å². The normalized spacial score (nSPS) is 17.0. The lowest BCUT2D eigenvalue weighted by Gasteiger charge is -2.37. The number of β-amino-alcohol motifs (C(OH)–C–C–N with tert-alkyl or cyclic N) is 1. The van der Waals surface area contributed by atoms with Crippen LogP contribution in [0.4, 0.5) is 11.4 Å². The molecular weight excluding hydrogens is 268 g/mol. The maximum atomic E-state index is 12.4. The minimum absolute atomic E-state index is 0.0445. The van der Waals surface area contributed by atoms with Crippen LogP contribution in [0.1, 0.15) is 24.2 Å². The molecule has 1 fully saturated rings. The van der Waals surface area contributed by atoms with E-state index in [-0.39, 0.29) is 5.91 Å². The average Bonchev–Trinajstić information content (AvgIpc) is 2.35. The van der Waals surface area contributed by atoms with Crippen LogP contribution in [0.25, 0.3) is 0 Å². The monoisotopic (exact) mass is 292 g/mol. The Morgan fingerprint density at radius 3 is 2.14 bits per heavy atom. The molecule has 0 unspecified atom stereocenters. The van der Waals surface area contributed by atoms with Gasteiger partial charge in [0, 0.05) is 49.7 Å². The fraction of sp³-hybridized carbons (Fsp3) is 0.533. The summed E-state index contributed by atoms with van der Waals surface area (Å²) in [5, 5.41) is 9.83. The molecule has 5 N–H and O–H groups in total. The lowest BCUT2D eigenvalue weighted by atomic mass is 10.1. The summed E-state index contributed by atoms with van der Waals surface area (Å²) in [7, 11) is 0. The number of carbonyl (C=O) groups excluding carboxylic acids is 1. The number of anilines is 2. The summed E-state index contributed by atoms with van der Waals surface area (Å²) in [5.74, 6) is -0.0445. The van der Waals surface area contributed by atoms with Gasteiger partial charge in [0.25, 0.3) is 5.91 Å². The third-order valence-corrected chi connectivity index (χ3v) is 3.49. The Hall–Kier alpha value is -1.79. The first-order valence-electron chi connectivity index (χ1n) is 7.15. The molecular formula is C15H24N4O2. The standard InChI is InChI=1S/C15H24N4O2/c1-15(2,21)10-18-3-5-19(6-4-18)14(20)11-7-12(16)9-13(17)8-11/h7-9,21H,3-6,10,16-17H2,1-2H3. The van der Waals surface area contributed by atoms with Crippen LogP contribution in [0.5, 0.6) is 0 Å². The maximum Gasteiger partial charge on any atom is 0.254 e. The number of hydrogen-bond donors (Lipinski definition) is 3. The van der Waals surface area contributed by atoms with E-state index in [1.54, 1.807) is 36.9 Å². The summed E-state index contributed by atoms with van der Waals surface area (Å²) in [5.41, 5.74) is 12.3. The predicted molar refractivity (Wildman–Crippen MR) is 83.9 cm³/mol. The number of nitrogens with two attached hydrogens (primary N) is 2. The molecule has 1 amide bonds. The van der Waals surface area contributed by atoms with Crippen molar-refractivity contribution in [1.82, 2.24) is 9.80 Å². The molecule has 1 aromatic carbocycles. The fourth-order valence-electron chi connectivity index (χ4n) is 2.64. The number of carbonyl (C=O) groups is 1. The highest BCUT2D eigenvalue weighted by atomic mass is 16.3. The number of aliphatic hydroxyl groups is 1. The summed E-state index contributed by atoms with van der Waals surface area (Å²) in [4.78, 5) is 16.4. The number of nitrogen functional groups attached to an aromatic ring is 2. The zero-order chi connectivity index (χ0) is 15.6. The molecule has 1 aliphatic rings. The molecule has 2 rings (SSSR count). The number of hydrogen-bond acceptors (Lipinski definition) is 5. The number of nitrogens with zero attached hydrogens (tertiary/aromatic N) is 2. The molecule has 116 valence electrons. The second kappa shape index (κ2) is 5.91. The van der Waals surface area contributed by atoms with Crippen molar-refractivity contribution in [3.8, 4) is 0 Å². The van der Waals surface area contributed by atoms with Gasteiger partial charge in [0.2, 0.25) is 0 Å². The molecule has 6 nitrogen and oxygen atoms in total. The van der Waals surface area contributed by atoms with E-state index in [0.717, 1.165) is 13.1 Å². The van der Waals surface area contributed by atoms with Crippen LogP contribution in [-0.4, -0.2) is 59.1 Å². The number of benzene rings is 1. The van der Waals surface area contributed by atoms with Crippen molar-refractivity contribution < 1.29 is 9.90 Å². The number of rotatable bonds is 3. The summed E-state index contributed by atoms with van der Waals surface area (Å²) in [6.07, 6.45) is 0. The highest BCUT2D eigenvalue weighted by molar-refractivity contribution is 5.96. The molecule has 0 bridgehead atoms. The smallest absolute Gasteiger partial charge is 0.254 e. The van der Waals surface area contributed by atoms with Crippen molar-refractivity contribution in [1.29, 1.82) is 0 Å². The van der Waals surface area contributed by atoms with Crippen LogP contribution in [0.3, 0.4) is 0 Å². The SMILES string of the molecule is CC(C)(O)CN1CCN(C(=O)c2cc(N)cc(N)c2)CC1. The summed E-state index contributed by atoms with van der Waals surface area (Å²) >= 11 is 0. The molecule has 21 heavy (non-hydrogen) atoms. The predicted octanol–water partition coefficient (Wildman–Crippen LogP) is 0.380. The van der Waals surface area contributed by atoms with Crippen LogP contribution >= 0.6 is 0 Å². The van der Waals surface area contributed by atoms with Gasteiger partial charge in [0.05, 0.1) is 5.60 Å². The van der Waals surface area contributed by atoms with E-state index in [4.69, 9.17) is 11.5 Å². The van der Waals surface area contributed by atoms with E-state index in [1.165, 1.54) is 0 Å². The molecule has 0 aromatic heterocycles. The molecule has 0 radical (unpaired) electrons. The van der Waals surface area contributed by atoms with E-state index in [2.05, 4.69) is 4.90 Å². The lowest BCUT2D eigenvalue weighted by molar-refractivity contribution is 0.0178. The van der Waals surface area contributed by atoms with Gasteiger partial charge < -0.3 is 21.5 Å². The summed E-state index contributed by atoms with van der Waals surface area (Å²) in [6.45, 7) is 6.99. The lowest BCUT2D eigenvalue weighted by Crippen LogP contribution is -2.52. The Kier molecular flexibility index (Phi) is 4.39. The first-order valence-corrected chi connectivity index (χ1v) is 7.15. The number of piperazine rings is 1. The Morgan fingerprint density at radius 1 is 1.14 bits per heavy atom. The van der Waals surface area contributed by atoms with Gasteiger partial charge in [-0.3, -0.25) is 9.69 Å². The van der Waals surface area contributed by atoms with Crippen molar-refractivity contribution in [2.75, 3.05) is 44.2 Å². The second-order valence-corrected chi connectivity index (χ2v) is 6.27. The Bertz CT molecular complexity index is 497. The van der Waals surface area contributed by atoms with Gasteiger partial charge in [-0.1, -0.05) is 0 Å². The Balaban J connectivity index is 1.97. The van der Waals surface area contributed by atoms with E-state index in [1.807, 2.05) is 0 Å². The van der Waals surface area contributed by atoms with Crippen LogP contribution in [0.2, 0.25) is 0 Å². The number of amides is 1. The quantitative estimate of drug-likeness (QED) is 0.700. The minimum Gasteiger partial charge on any atom is -0.399 e. The van der Waals surface area contributed by atoms with Crippen LogP contribution in [0, 0.1) is 0 Å². The van der Waals surface area contributed by atoms with Crippen LogP contribution < -0.4 is 11.5 Å². The fourth-order valence-corrected chi connectivity index (χ4v) is 2.64. The summed E-state index contributed by atoms with van der Waals surface area (Å²) in [6, 6.07) is 4.95.